The lowest BCUT2D eigenvalue weighted by atomic mass is 10.1. The zero-order valence-electron chi connectivity index (χ0n) is 15.8. The minimum atomic E-state index is -0.634. The molecule has 0 radical (unpaired) electrons. The standard InChI is InChI=1S/C21H19Cl2FN2O3/c1-21(4-6-26(12-21)7-5-24)29-20(27)13-2-3-17-18(10-13)28-19(25-17)14-8-15(22)11-16(23)9-14/h2-3,8-11H,4-7,12H2,1H3. The van der Waals surface area contributed by atoms with Crippen LogP contribution in [-0.2, 0) is 4.74 Å². The molecule has 1 aromatic heterocycles. The van der Waals surface area contributed by atoms with E-state index in [9.17, 15) is 9.18 Å². The molecule has 1 atom stereocenters. The van der Waals surface area contributed by atoms with Crippen LogP contribution in [0.25, 0.3) is 22.6 Å². The second-order valence-corrected chi connectivity index (χ2v) is 8.29. The summed E-state index contributed by atoms with van der Waals surface area (Å²) in [6.45, 7) is 3.05. The first-order valence-corrected chi connectivity index (χ1v) is 9.99. The van der Waals surface area contributed by atoms with E-state index in [1.807, 2.05) is 11.8 Å². The van der Waals surface area contributed by atoms with Gasteiger partial charge >= 0.3 is 5.97 Å². The van der Waals surface area contributed by atoms with E-state index in [-0.39, 0.29) is 0 Å². The number of oxazole rings is 1. The smallest absolute Gasteiger partial charge is 0.338 e. The SMILES string of the molecule is CC1(OC(=O)c2ccc3nc(-c4cc(Cl)cc(Cl)c4)oc3c2)CCN(CCF)C1. The fourth-order valence-electron chi connectivity index (χ4n) is 3.55. The Kier molecular flexibility index (Phi) is 5.51. The Hall–Kier alpha value is -2.15. The molecular weight excluding hydrogens is 418 g/mol. The molecule has 1 fully saturated rings. The van der Waals surface area contributed by atoms with Crippen molar-refractivity contribution in [1.82, 2.24) is 9.88 Å². The second-order valence-electron chi connectivity index (χ2n) is 7.41. The van der Waals surface area contributed by atoms with Gasteiger partial charge in [-0.15, -0.1) is 0 Å². The molecule has 0 amide bonds. The van der Waals surface area contributed by atoms with Gasteiger partial charge in [0.1, 0.15) is 17.8 Å². The van der Waals surface area contributed by atoms with Crippen LogP contribution in [-0.4, -0.2) is 47.8 Å². The lowest BCUT2D eigenvalue weighted by molar-refractivity contribution is -0.00477. The third kappa shape index (κ3) is 4.39. The van der Waals surface area contributed by atoms with Gasteiger partial charge in [0, 0.05) is 41.7 Å². The van der Waals surface area contributed by atoms with E-state index in [4.69, 9.17) is 32.4 Å². The van der Waals surface area contributed by atoms with Gasteiger partial charge in [-0.1, -0.05) is 23.2 Å². The molecule has 0 spiro atoms. The molecule has 0 N–H and O–H groups in total. The van der Waals surface area contributed by atoms with E-state index in [1.54, 1.807) is 36.4 Å². The third-order valence-electron chi connectivity index (χ3n) is 4.99. The van der Waals surface area contributed by atoms with Crippen molar-refractivity contribution in [3.8, 4) is 11.5 Å². The van der Waals surface area contributed by atoms with Crippen molar-refractivity contribution in [2.24, 2.45) is 0 Å². The molecule has 1 unspecified atom stereocenters. The number of hydrogen-bond acceptors (Lipinski definition) is 5. The van der Waals surface area contributed by atoms with Gasteiger partial charge < -0.3 is 9.15 Å². The highest BCUT2D eigenvalue weighted by Crippen LogP contribution is 2.30. The molecule has 3 aromatic rings. The summed E-state index contributed by atoms with van der Waals surface area (Å²) < 4.78 is 24.1. The van der Waals surface area contributed by atoms with Crippen LogP contribution in [0.1, 0.15) is 23.7 Å². The van der Waals surface area contributed by atoms with Crippen molar-refractivity contribution in [1.29, 1.82) is 0 Å². The predicted molar refractivity (Wildman–Crippen MR) is 110 cm³/mol. The summed E-state index contributed by atoms with van der Waals surface area (Å²) in [4.78, 5) is 19.1. The lowest BCUT2D eigenvalue weighted by Crippen LogP contribution is -2.36. The summed E-state index contributed by atoms with van der Waals surface area (Å²) in [5, 5.41) is 0.955. The number of benzene rings is 2. The number of fused-ring (bicyclic) bond motifs is 1. The van der Waals surface area contributed by atoms with Gasteiger partial charge in [0.2, 0.25) is 5.89 Å². The first kappa shape index (κ1) is 20.1. The molecule has 0 bridgehead atoms. The predicted octanol–water partition coefficient (Wildman–Crippen LogP) is 5.39. The van der Waals surface area contributed by atoms with Crippen LogP contribution >= 0.6 is 23.2 Å². The van der Waals surface area contributed by atoms with Gasteiger partial charge in [0.15, 0.2) is 5.58 Å². The van der Waals surface area contributed by atoms with Gasteiger partial charge in [-0.25, -0.2) is 14.2 Å². The molecule has 5 nitrogen and oxygen atoms in total. The van der Waals surface area contributed by atoms with E-state index in [0.717, 1.165) is 0 Å². The summed E-state index contributed by atoms with van der Waals surface area (Å²) >= 11 is 12.1. The van der Waals surface area contributed by atoms with E-state index in [2.05, 4.69) is 4.98 Å². The van der Waals surface area contributed by atoms with Crippen LogP contribution in [0.3, 0.4) is 0 Å². The van der Waals surface area contributed by atoms with Gasteiger partial charge in [0.05, 0.1) is 5.56 Å². The van der Waals surface area contributed by atoms with Crippen LogP contribution < -0.4 is 0 Å². The van der Waals surface area contributed by atoms with Crippen LogP contribution in [0.4, 0.5) is 4.39 Å². The van der Waals surface area contributed by atoms with Crippen molar-refractivity contribution in [3.05, 3.63) is 52.0 Å². The molecule has 1 aliphatic heterocycles. The molecule has 2 heterocycles. The molecule has 4 rings (SSSR count). The van der Waals surface area contributed by atoms with Gasteiger partial charge in [-0.05, 0) is 43.3 Å². The number of halogens is 3. The topological polar surface area (TPSA) is 55.6 Å². The zero-order valence-corrected chi connectivity index (χ0v) is 17.3. The van der Waals surface area contributed by atoms with Crippen LogP contribution in [0.15, 0.2) is 40.8 Å². The number of alkyl halides is 1. The minimum absolute atomic E-state index is 0.355. The van der Waals surface area contributed by atoms with Crippen LogP contribution in [0, 0.1) is 0 Å². The van der Waals surface area contributed by atoms with Crippen molar-refractivity contribution in [3.63, 3.8) is 0 Å². The Bertz CT molecular complexity index is 1050. The molecule has 152 valence electrons. The van der Waals surface area contributed by atoms with Crippen LogP contribution in [0.2, 0.25) is 10.0 Å². The number of likely N-dealkylation sites (tertiary alicyclic amines) is 1. The number of esters is 1. The highest BCUT2D eigenvalue weighted by atomic mass is 35.5. The Morgan fingerprint density at radius 1 is 1.28 bits per heavy atom. The summed E-state index contributed by atoms with van der Waals surface area (Å²) in [6.07, 6.45) is 0.670. The maximum atomic E-state index is 12.7. The van der Waals surface area contributed by atoms with Gasteiger partial charge in [-0.3, -0.25) is 4.90 Å². The summed E-state index contributed by atoms with van der Waals surface area (Å²) in [7, 11) is 0. The zero-order chi connectivity index (χ0) is 20.6. The third-order valence-corrected chi connectivity index (χ3v) is 5.42. The number of carbonyl (C=O) groups excluding carboxylic acids is 1. The first-order chi connectivity index (χ1) is 13.8. The van der Waals surface area contributed by atoms with Gasteiger partial charge in [-0.2, -0.15) is 0 Å². The lowest BCUT2D eigenvalue weighted by Gasteiger charge is -2.25. The summed E-state index contributed by atoms with van der Waals surface area (Å²) in [6, 6.07) is 10.0. The number of hydrogen-bond donors (Lipinski definition) is 0. The Morgan fingerprint density at radius 2 is 2.03 bits per heavy atom. The molecule has 1 saturated heterocycles. The highest BCUT2D eigenvalue weighted by molar-refractivity contribution is 6.35. The van der Waals surface area contributed by atoms with Gasteiger partial charge in [0.25, 0.3) is 0 Å². The Balaban J connectivity index is 1.55. The molecule has 1 aliphatic rings. The molecule has 0 saturated carbocycles. The maximum absolute atomic E-state index is 12.7. The van der Waals surface area contributed by atoms with E-state index < -0.39 is 18.2 Å². The van der Waals surface area contributed by atoms with E-state index in [1.165, 1.54) is 0 Å². The number of ether oxygens (including phenoxy) is 1. The number of carbonyl (C=O) groups is 1. The molecule has 2 aromatic carbocycles. The fourth-order valence-corrected chi connectivity index (χ4v) is 4.08. The van der Waals surface area contributed by atoms with Crippen LogP contribution in [0.5, 0.6) is 0 Å². The molecule has 0 aliphatic carbocycles. The molecule has 29 heavy (non-hydrogen) atoms. The van der Waals surface area contributed by atoms with E-state index >= 15 is 0 Å². The first-order valence-electron chi connectivity index (χ1n) is 9.24. The second kappa shape index (κ2) is 7.94. The Labute approximate surface area is 177 Å². The maximum Gasteiger partial charge on any atom is 0.338 e. The number of rotatable bonds is 5. The largest absolute Gasteiger partial charge is 0.454 e. The number of nitrogens with zero attached hydrogens (tertiary/aromatic N) is 2. The highest BCUT2D eigenvalue weighted by Gasteiger charge is 2.37. The average Bonchev–Trinajstić information content (AvgIpc) is 3.24. The molecule has 8 heteroatoms. The quantitative estimate of drug-likeness (QED) is 0.501. The Morgan fingerprint density at radius 3 is 2.76 bits per heavy atom. The van der Waals surface area contributed by atoms with Crippen molar-refractivity contribution in [2.45, 2.75) is 18.9 Å². The van der Waals surface area contributed by atoms with Crippen molar-refractivity contribution >= 4 is 40.3 Å². The average molecular weight is 437 g/mol. The monoisotopic (exact) mass is 436 g/mol. The number of aromatic nitrogens is 1. The summed E-state index contributed by atoms with van der Waals surface area (Å²) in [5.74, 6) is -0.0835. The fraction of sp³-hybridized carbons (Fsp3) is 0.333. The summed E-state index contributed by atoms with van der Waals surface area (Å²) in [5.41, 5.74) is 1.45. The van der Waals surface area contributed by atoms with E-state index in [0.29, 0.717) is 64.2 Å². The van der Waals surface area contributed by atoms with Crippen molar-refractivity contribution < 1.29 is 18.3 Å². The normalized spacial score (nSPS) is 19.7. The van der Waals surface area contributed by atoms with Crippen molar-refractivity contribution in [2.75, 3.05) is 26.3 Å². The minimum Gasteiger partial charge on any atom is -0.454 e. The molecular formula is C21H19Cl2FN2O3.